The van der Waals surface area contributed by atoms with Gasteiger partial charge >= 0.3 is 0 Å². The van der Waals surface area contributed by atoms with E-state index in [2.05, 4.69) is 6.07 Å². The molecule has 1 fully saturated rings. The van der Waals surface area contributed by atoms with Gasteiger partial charge in [-0.05, 0) is 42.4 Å². The summed E-state index contributed by atoms with van der Waals surface area (Å²) in [4.78, 5) is 0. The van der Waals surface area contributed by atoms with E-state index in [1.165, 1.54) is 18.4 Å². The molecule has 72 valence electrons. The van der Waals surface area contributed by atoms with Crippen LogP contribution in [0.25, 0.3) is 0 Å². The first-order chi connectivity index (χ1) is 6.81. The molecule has 1 aromatic carbocycles. The van der Waals surface area contributed by atoms with Crippen molar-refractivity contribution in [2.45, 2.75) is 25.2 Å². The number of nitrogens with zero attached hydrogens (tertiary/aromatic N) is 1. The lowest BCUT2D eigenvalue weighted by Gasteiger charge is -2.12. The molecular formula is C12H12ClN. The van der Waals surface area contributed by atoms with Crippen LogP contribution in [0.5, 0.6) is 0 Å². The molecule has 1 atom stereocenters. The highest BCUT2D eigenvalue weighted by Gasteiger charge is 2.31. The average molecular weight is 206 g/mol. The first kappa shape index (κ1) is 9.55. The lowest BCUT2D eigenvalue weighted by Crippen LogP contribution is -1.99. The molecule has 0 heterocycles. The summed E-state index contributed by atoms with van der Waals surface area (Å²) in [5.74, 6) is 1.16. The van der Waals surface area contributed by atoms with Crippen molar-refractivity contribution >= 4 is 11.6 Å². The number of nitriles is 1. The van der Waals surface area contributed by atoms with Crippen LogP contribution in [0, 0.1) is 17.2 Å². The Labute approximate surface area is 89.3 Å². The fraction of sp³-hybridized carbons (Fsp3) is 0.417. The van der Waals surface area contributed by atoms with E-state index in [0.717, 1.165) is 10.9 Å². The predicted octanol–water partition coefficient (Wildman–Crippen LogP) is 3.75. The third-order valence-electron chi connectivity index (χ3n) is 2.80. The van der Waals surface area contributed by atoms with Crippen LogP contribution in [0.4, 0.5) is 0 Å². The number of hydrogen-bond donors (Lipinski definition) is 0. The Balaban J connectivity index is 2.18. The van der Waals surface area contributed by atoms with Crippen molar-refractivity contribution in [3.05, 3.63) is 34.9 Å². The van der Waals surface area contributed by atoms with Gasteiger partial charge < -0.3 is 0 Å². The van der Waals surface area contributed by atoms with Crippen LogP contribution in [0.1, 0.15) is 30.7 Å². The van der Waals surface area contributed by atoms with Crippen LogP contribution in [0.3, 0.4) is 0 Å². The Bertz CT molecular complexity index is 346. The van der Waals surface area contributed by atoms with Crippen molar-refractivity contribution in [3.63, 3.8) is 0 Å². The molecule has 0 bridgehead atoms. The average Bonchev–Trinajstić information content (AvgIpc) is 2.99. The number of halogens is 1. The van der Waals surface area contributed by atoms with Crippen LogP contribution in [-0.4, -0.2) is 0 Å². The highest BCUT2D eigenvalue weighted by Crippen LogP contribution is 2.44. The molecule has 0 radical (unpaired) electrons. The topological polar surface area (TPSA) is 23.8 Å². The molecule has 0 spiro atoms. The van der Waals surface area contributed by atoms with Gasteiger partial charge in [0.05, 0.1) is 6.07 Å². The normalized spacial score (nSPS) is 17.4. The second-order valence-electron chi connectivity index (χ2n) is 3.86. The van der Waals surface area contributed by atoms with Gasteiger partial charge in [0, 0.05) is 11.4 Å². The van der Waals surface area contributed by atoms with Crippen molar-refractivity contribution in [2.24, 2.45) is 5.92 Å². The van der Waals surface area contributed by atoms with E-state index in [0.29, 0.717) is 12.3 Å². The van der Waals surface area contributed by atoms with Crippen molar-refractivity contribution in [1.82, 2.24) is 0 Å². The summed E-state index contributed by atoms with van der Waals surface area (Å²) >= 11 is 5.82. The molecule has 1 aromatic rings. The maximum Gasteiger partial charge on any atom is 0.0628 e. The number of rotatable bonds is 3. The van der Waals surface area contributed by atoms with E-state index in [1.54, 1.807) is 0 Å². The molecule has 0 amide bonds. The quantitative estimate of drug-likeness (QED) is 0.738. The maximum atomic E-state index is 8.75. The van der Waals surface area contributed by atoms with E-state index < -0.39 is 0 Å². The molecule has 0 unspecified atom stereocenters. The van der Waals surface area contributed by atoms with Crippen molar-refractivity contribution in [3.8, 4) is 6.07 Å². The van der Waals surface area contributed by atoms with Crippen LogP contribution < -0.4 is 0 Å². The third kappa shape index (κ3) is 2.08. The van der Waals surface area contributed by atoms with Gasteiger partial charge in [-0.15, -0.1) is 0 Å². The highest BCUT2D eigenvalue weighted by molar-refractivity contribution is 6.30. The number of benzene rings is 1. The van der Waals surface area contributed by atoms with E-state index in [-0.39, 0.29) is 0 Å². The summed E-state index contributed by atoms with van der Waals surface area (Å²) < 4.78 is 0. The fourth-order valence-corrected chi connectivity index (χ4v) is 1.99. The molecule has 2 heteroatoms. The van der Waals surface area contributed by atoms with E-state index >= 15 is 0 Å². The van der Waals surface area contributed by atoms with Crippen LogP contribution in [0.2, 0.25) is 5.02 Å². The molecule has 14 heavy (non-hydrogen) atoms. The second-order valence-corrected chi connectivity index (χ2v) is 4.29. The Morgan fingerprint density at radius 3 is 2.50 bits per heavy atom. The van der Waals surface area contributed by atoms with Crippen LogP contribution in [0.15, 0.2) is 24.3 Å². The molecule has 0 N–H and O–H groups in total. The van der Waals surface area contributed by atoms with Gasteiger partial charge in [-0.3, -0.25) is 0 Å². The smallest absolute Gasteiger partial charge is 0.0628 e. The van der Waals surface area contributed by atoms with Gasteiger partial charge in [-0.1, -0.05) is 23.7 Å². The van der Waals surface area contributed by atoms with E-state index in [9.17, 15) is 0 Å². The minimum Gasteiger partial charge on any atom is -0.198 e. The van der Waals surface area contributed by atoms with Crippen molar-refractivity contribution in [1.29, 1.82) is 5.26 Å². The zero-order valence-electron chi connectivity index (χ0n) is 7.91. The zero-order valence-corrected chi connectivity index (χ0v) is 8.67. The van der Waals surface area contributed by atoms with Crippen molar-refractivity contribution < 1.29 is 0 Å². The van der Waals surface area contributed by atoms with Crippen LogP contribution >= 0.6 is 11.6 Å². The first-order valence-corrected chi connectivity index (χ1v) is 5.31. The van der Waals surface area contributed by atoms with Gasteiger partial charge in [0.15, 0.2) is 0 Å². The Morgan fingerprint density at radius 1 is 1.36 bits per heavy atom. The molecule has 0 aliphatic heterocycles. The summed E-state index contributed by atoms with van der Waals surface area (Å²) in [6.07, 6.45) is 3.18. The predicted molar refractivity (Wildman–Crippen MR) is 57.1 cm³/mol. The SMILES string of the molecule is N#CC[C@@H](c1ccc(Cl)cc1)C1CC1. The first-order valence-electron chi connectivity index (χ1n) is 4.93. The molecule has 1 aliphatic carbocycles. The Kier molecular flexibility index (Phi) is 2.74. The van der Waals surface area contributed by atoms with Gasteiger partial charge in [0.1, 0.15) is 0 Å². The maximum absolute atomic E-state index is 8.75. The minimum atomic E-state index is 0.428. The third-order valence-corrected chi connectivity index (χ3v) is 3.05. The van der Waals surface area contributed by atoms with E-state index in [4.69, 9.17) is 16.9 Å². The zero-order chi connectivity index (χ0) is 9.97. The summed E-state index contributed by atoms with van der Waals surface area (Å²) in [5.41, 5.74) is 1.26. The van der Waals surface area contributed by atoms with Crippen LogP contribution in [-0.2, 0) is 0 Å². The Hall–Kier alpha value is -1.00. The van der Waals surface area contributed by atoms with Gasteiger partial charge in [0.2, 0.25) is 0 Å². The number of hydrogen-bond acceptors (Lipinski definition) is 1. The molecule has 1 aliphatic rings. The summed E-state index contributed by atoms with van der Waals surface area (Å²) in [6, 6.07) is 10.2. The lowest BCUT2D eigenvalue weighted by atomic mass is 9.92. The summed E-state index contributed by atoms with van der Waals surface area (Å²) in [6.45, 7) is 0. The molecule has 0 aromatic heterocycles. The second kappa shape index (κ2) is 4.02. The van der Waals surface area contributed by atoms with Crippen molar-refractivity contribution in [2.75, 3.05) is 0 Å². The molecular weight excluding hydrogens is 194 g/mol. The summed E-state index contributed by atoms with van der Waals surface area (Å²) in [5, 5.41) is 9.52. The monoisotopic (exact) mass is 205 g/mol. The lowest BCUT2D eigenvalue weighted by molar-refractivity contribution is 0.619. The van der Waals surface area contributed by atoms with Gasteiger partial charge in [-0.2, -0.15) is 5.26 Å². The minimum absolute atomic E-state index is 0.428. The summed E-state index contributed by atoms with van der Waals surface area (Å²) in [7, 11) is 0. The molecule has 2 rings (SSSR count). The molecule has 1 saturated carbocycles. The molecule has 0 saturated heterocycles. The van der Waals surface area contributed by atoms with E-state index in [1.807, 2.05) is 24.3 Å². The highest BCUT2D eigenvalue weighted by atomic mass is 35.5. The fourth-order valence-electron chi connectivity index (χ4n) is 1.86. The molecule has 1 nitrogen and oxygen atoms in total. The standard InChI is InChI=1S/C12H12ClN/c13-11-5-3-10(4-6-11)12(7-8-14)9-1-2-9/h3-6,9,12H,1-2,7H2/t12-/m1/s1. The largest absolute Gasteiger partial charge is 0.198 e. The van der Waals surface area contributed by atoms with Gasteiger partial charge in [0.25, 0.3) is 0 Å². The van der Waals surface area contributed by atoms with Gasteiger partial charge in [-0.25, -0.2) is 0 Å². The Morgan fingerprint density at radius 2 is 2.00 bits per heavy atom.